The van der Waals surface area contributed by atoms with Gasteiger partial charge in [0.25, 0.3) is 0 Å². The van der Waals surface area contributed by atoms with Crippen molar-refractivity contribution in [1.82, 2.24) is 9.97 Å². The number of halogens is 1. The molecule has 1 aliphatic rings. The highest BCUT2D eigenvalue weighted by molar-refractivity contribution is 7.91. The number of hydrogen-bond donors (Lipinski definition) is 0. The van der Waals surface area contributed by atoms with E-state index in [9.17, 15) is 8.42 Å². The molecular weight excluding hydrogens is 262 g/mol. The molecule has 0 aromatic carbocycles. The molecular formula is C10H14ClN3O2S. The summed E-state index contributed by atoms with van der Waals surface area (Å²) < 4.78 is 22.9. The second-order valence-corrected chi connectivity index (χ2v) is 6.88. The molecule has 1 fully saturated rings. The van der Waals surface area contributed by atoms with Gasteiger partial charge in [0.2, 0.25) is 5.28 Å². The quantitative estimate of drug-likeness (QED) is 0.756. The number of aromatic nitrogens is 2. The molecule has 17 heavy (non-hydrogen) atoms. The minimum Gasteiger partial charge on any atom is -0.355 e. The summed E-state index contributed by atoms with van der Waals surface area (Å²) in [6.07, 6.45) is 2.28. The first-order valence-corrected chi connectivity index (χ1v) is 7.51. The van der Waals surface area contributed by atoms with E-state index in [1.165, 1.54) is 0 Å². The number of rotatable bonds is 2. The monoisotopic (exact) mass is 275 g/mol. The lowest BCUT2D eigenvalue weighted by Gasteiger charge is -2.25. The number of aryl methyl sites for hydroxylation is 1. The van der Waals surface area contributed by atoms with E-state index in [1.54, 1.807) is 6.20 Å². The van der Waals surface area contributed by atoms with Gasteiger partial charge in [0.15, 0.2) is 9.84 Å². The predicted octanol–water partition coefficient (Wildman–Crippen LogP) is 1.06. The minimum atomic E-state index is -2.89. The zero-order valence-electron chi connectivity index (χ0n) is 9.72. The Morgan fingerprint density at radius 1 is 1.53 bits per heavy atom. The van der Waals surface area contributed by atoms with Crippen LogP contribution in [0.4, 0.5) is 5.82 Å². The molecule has 2 heterocycles. The molecule has 0 aliphatic carbocycles. The van der Waals surface area contributed by atoms with Gasteiger partial charge in [-0.2, -0.15) is 0 Å². The van der Waals surface area contributed by atoms with E-state index in [0.29, 0.717) is 12.2 Å². The van der Waals surface area contributed by atoms with Gasteiger partial charge < -0.3 is 4.90 Å². The first kappa shape index (κ1) is 12.6. The first-order chi connectivity index (χ1) is 7.89. The summed E-state index contributed by atoms with van der Waals surface area (Å²) in [5.41, 5.74) is 0.890. The maximum Gasteiger partial charge on any atom is 0.224 e. The topological polar surface area (TPSA) is 63.2 Å². The van der Waals surface area contributed by atoms with Crippen LogP contribution in [0.5, 0.6) is 0 Å². The van der Waals surface area contributed by atoms with Crippen molar-refractivity contribution in [1.29, 1.82) is 0 Å². The van der Waals surface area contributed by atoms with Gasteiger partial charge in [0.05, 0.1) is 11.5 Å². The highest BCUT2D eigenvalue weighted by Crippen LogP contribution is 2.24. The van der Waals surface area contributed by atoms with Crippen molar-refractivity contribution in [3.63, 3.8) is 0 Å². The first-order valence-electron chi connectivity index (χ1n) is 5.31. The van der Waals surface area contributed by atoms with Crippen LogP contribution in [0, 0.1) is 6.92 Å². The van der Waals surface area contributed by atoms with Gasteiger partial charge in [-0.3, -0.25) is 0 Å². The molecule has 94 valence electrons. The summed E-state index contributed by atoms with van der Waals surface area (Å²) in [5.74, 6) is 1.14. The van der Waals surface area contributed by atoms with Crippen LogP contribution in [0.15, 0.2) is 6.20 Å². The van der Waals surface area contributed by atoms with Crippen LogP contribution in [0.2, 0.25) is 5.28 Å². The van der Waals surface area contributed by atoms with Crippen LogP contribution >= 0.6 is 11.6 Å². The van der Waals surface area contributed by atoms with Crippen LogP contribution in [0.3, 0.4) is 0 Å². The van der Waals surface area contributed by atoms with Gasteiger partial charge in [-0.15, -0.1) is 0 Å². The molecule has 1 aromatic heterocycles. The molecule has 1 aromatic rings. The second-order valence-electron chi connectivity index (χ2n) is 4.31. The fraction of sp³-hybridized carbons (Fsp3) is 0.600. The number of anilines is 1. The maximum absolute atomic E-state index is 11.4. The van der Waals surface area contributed by atoms with Crippen molar-refractivity contribution in [2.24, 2.45) is 0 Å². The Hall–Kier alpha value is -0.880. The molecule has 1 atom stereocenters. The maximum atomic E-state index is 11.4. The van der Waals surface area contributed by atoms with E-state index >= 15 is 0 Å². The molecule has 2 rings (SSSR count). The Balaban J connectivity index is 2.26. The Morgan fingerprint density at radius 3 is 2.82 bits per heavy atom. The molecule has 1 aliphatic heterocycles. The van der Waals surface area contributed by atoms with Crippen LogP contribution in [0.1, 0.15) is 12.0 Å². The van der Waals surface area contributed by atoms with Crippen molar-refractivity contribution in [3.8, 4) is 0 Å². The fourth-order valence-corrected chi connectivity index (χ4v) is 3.93. The largest absolute Gasteiger partial charge is 0.355 e. The fourth-order valence-electron chi connectivity index (χ4n) is 2.02. The van der Waals surface area contributed by atoms with E-state index in [4.69, 9.17) is 11.6 Å². The molecule has 0 N–H and O–H groups in total. The third-order valence-corrected chi connectivity index (χ3v) is 4.94. The summed E-state index contributed by atoms with van der Waals surface area (Å²) in [4.78, 5) is 9.92. The smallest absolute Gasteiger partial charge is 0.224 e. The van der Waals surface area contributed by atoms with Crippen LogP contribution in [0.25, 0.3) is 0 Å². The third-order valence-electron chi connectivity index (χ3n) is 3.01. The summed E-state index contributed by atoms with van der Waals surface area (Å²) in [6, 6.07) is -0.0235. The zero-order chi connectivity index (χ0) is 12.6. The van der Waals surface area contributed by atoms with Crippen LogP contribution in [-0.4, -0.2) is 43.0 Å². The number of sulfone groups is 1. The standard InChI is InChI=1S/C10H14ClN3O2S/c1-7-5-12-10(11)13-9(7)14(2)8-3-4-17(15,16)6-8/h5,8H,3-4,6H2,1-2H3. The summed E-state index contributed by atoms with van der Waals surface area (Å²) >= 11 is 5.76. The average Bonchev–Trinajstić information content (AvgIpc) is 2.61. The van der Waals surface area contributed by atoms with Crippen molar-refractivity contribution < 1.29 is 8.42 Å². The third kappa shape index (κ3) is 2.69. The molecule has 1 saturated heterocycles. The molecule has 5 nitrogen and oxygen atoms in total. The second kappa shape index (κ2) is 4.42. The van der Waals surface area contributed by atoms with Crippen molar-refractivity contribution in [2.75, 3.05) is 23.5 Å². The van der Waals surface area contributed by atoms with Gasteiger partial charge >= 0.3 is 0 Å². The normalized spacial score (nSPS) is 22.6. The van der Waals surface area contributed by atoms with Gasteiger partial charge in [-0.25, -0.2) is 18.4 Å². The molecule has 1 unspecified atom stereocenters. The van der Waals surface area contributed by atoms with Gasteiger partial charge in [0, 0.05) is 24.8 Å². The highest BCUT2D eigenvalue weighted by Gasteiger charge is 2.31. The Bertz CT molecular complexity index is 532. The molecule has 7 heteroatoms. The Morgan fingerprint density at radius 2 is 2.24 bits per heavy atom. The highest BCUT2D eigenvalue weighted by atomic mass is 35.5. The number of hydrogen-bond acceptors (Lipinski definition) is 5. The van der Waals surface area contributed by atoms with Gasteiger partial charge in [0.1, 0.15) is 5.82 Å². The van der Waals surface area contributed by atoms with E-state index in [0.717, 1.165) is 5.56 Å². The van der Waals surface area contributed by atoms with Crippen molar-refractivity contribution in [2.45, 2.75) is 19.4 Å². The van der Waals surface area contributed by atoms with Gasteiger partial charge in [-0.05, 0) is 24.9 Å². The summed E-state index contributed by atoms with van der Waals surface area (Å²) in [7, 11) is -1.05. The van der Waals surface area contributed by atoms with Crippen molar-refractivity contribution >= 4 is 27.3 Å². The lowest BCUT2D eigenvalue weighted by atomic mass is 10.2. The van der Waals surface area contributed by atoms with E-state index in [-0.39, 0.29) is 22.8 Å². The zero-order valence-corrected chi connectivity index (χ0v) is 11.3. The van der Waals surface area contributed by atoms with Crippen LogP contribution in [-0.2, 0) is 9.84 Å². The predicted molar refractivity (Wildman–Crippen MR) is 67.2 cm³/mol. The Kier molecular flexibility index (Phi) is 3.27. The van der Waals surface area contributed by atoms with E-state index < -0.39 is 9.84 Å². The molecule has 0 saturated carbocycles. The SMILES string of the molecule is Cc1cnc(Cl)nc1N(C)C1CCS(=O)(=O)C1. The average molecular weight is 276 g/mol. The Labute approximate surface area is 106 Å². The van der Waals surface area contributed by atoms with Crippen molar-refractivity contribution in [3.05, 3.63) is 17.0 Å². The molecule has 0 bridgehead atoms. The minimum absolute atomic E-state index is 0.0235. The lowest BCUT2D eigenvalue weighted by Crippen LogP contribution is -2.33. The number of nitrogens with zero attached hydrogens (tertiary/aromatic N) is 3. The summed E-state index contributed by atoms with van der Waals surface area (Å²) in [5, 5.41) is 0.179. The molecule has 0 radical (unpaired) electrons. The van der Waals surface area contributed by atoms with E-state index in [1.807, 2.05) is 18.9 Å². The van der Waals surface area contributed by atoms with Crippen LogP contribution < -0.4 is 4.90 Å². The molecule has 0 spiro atoms. The molecule has 0 amide bonds. The lowest BCUT2D eigenvalue weighted by molar-refractivity contribution is 0.600. The summed E-state index contributed by atoms with van der Waals surface area (Å²) in [6.45, 7) is 1.88. The van der Waals surface area contributed by atoms with Gasteiger partial charge in [-0.1, -0.05) is 0 Å². The van der Waals surface area contributed by atoms with E-state index in [2.05, 4.69) is 9.97 Å².